The second-order valence-corrected chi connectivity index (χ2v) is 11.1. The van der Waals surface area contributed by atoms with Crippen molar-refractivity contribution in [3.05, 3.63) is 70.0 Å². The molecular weight excluding hydrogens is 471 g/mol. The highest BCUT2D eigenvalue weighted by Gasteiger charge is 2.17. The summed E-state index contributed by atoms with van der Waals surface area (Å²) in [5.41, 5.74) is 0.944. The Morgan fingerprint density at radius 1 is 1.10 bits per heavy atom. The van der Waals surface area contributed by atoms with Crippen molar-refractivity contribution in [2.45, 2.75) is 21.3 Å². The van der Waals surface area contributed by atoms with E-state index in [0.29, 0.717) is 21.4 Å². The van der Waals surface area contributed by atoms with Gasteiger partial charge in [0.25, 0.3) is 10.0 Å². The zero-order valence-corrected chi connectivity index (χ0v) is 19.0. The minimum atomic E-state index is -3.59. The van der Waals surface area contributed by atoms with Crippen LogP contribution in [0.15, 0.2) is 69.1 Å². The third kappa shape index (κ3) is 5.90. The maximum atomic E-state index is 12.4. The molecule has 1 heterocycles. The first-order chi connectivity index (χ1) is 13.7. The van der Waals surface area contributed by atoms with Crippen molar-refractivity contribution in [2.75, 3.05) is 10.0 Å². The van der Waals surface area contributed by atoms with Gasteiger partial charge in [0.2, 0.25) is 5.91 Å². The Bertz CT molecular complexity index is 1100. The molecule has 0 spiro atoms. The SMILES string of the molecule is CC(Sc1ccc(NS(=O)(=O)c2cccs2)cc1)C(=O)Nc1ccc(Cl)cc1Cl. The molecule has 3 aromatic rings. The molecule has 1 amide bonds. The Kier molecular flexibility index (Phi) is 7.13. The van der Waals surface area contributed by atoms with E-state index in [4.69, 9.17) is 23.2 Å². The van der Waals surface area contributed by atoms with Gasteiger partial charge in [0, 0.05) is 15.6 Å². The monoisotopic (exact) mass is 486 g/mol. The van der Waals surface area contributed by atoms with Gasteiger partial charge in [0.1, 0.15) is 4.21 Å². The van der Waals surface area contributed by atoms with E-state index in [1.54, 1.807) is 66.9 Å². The van der Waals surface area contributed by atoms with Gasteiger partial charge in [-0.25, -0.2) is 8.42 Å². The molecule has 0 aliphatic heterocycles. The van der Waals surface area contributed by atoms with Crippen molar-refractivity contribution in [1.29, 1.82) is 0 Å². The van der Waals surface area contributed by atoms with Gasteiger partial charge in [-0.3, -0.25) is 9.52 Å². The minimum absolute atomic E-state index is 0.207. The number of thioether (sulfide) groups is 1. The lowest BCUT2D eigenvalue weighted by Crippen LogP contribution is -2.22. The first-order valence-electron chi connectivity index (χ1n) is 8.33. The second-order valence-electron chi connectivity index (χ2n) is 5.94. The summed E-state index contributed by atoms with van der Waals surface area (Å²) in [6.45, 7) is 1.78. The third-order valence-electron chi connectivity index (χ3n) is 3.74. The summed E-state index contributed by atoms with van der Waals surface area (Å²) in [7, 11) is -3.59. The van der Waals surface area contributed by atoms with Crippen molar-refractivity contribution in [3.8, 4) is 0 Å². The van der Waals surface area contributed by atoms with Crippen LogP contribution in [0.5, 0.6) is 0 Å². The maximum Gasteiger partial charge on any atom is 0.271 e. The normalized spacial score (nSPS) is 12.4. The molecule has 0 fully saturated rings. The predicted molar refractivity (Wildman–Crippen MR) is 122 cm³/mol. The van der Waals surface area contributed by atoms with Gasteiger partial charge in [0.15, 0.2) is 0 Å². The second kappa shape index (κ2) is 9.40. The number of hydrogen-bond donors (Lipinski definition) is 2. The number of hydrogen-bond acceptors (Lipinski definition) is 5. The van der Waals surface area contributed by atoms with E-state index >= 15 is 0 Å². The Morgan fingerprint density at radius 2 is 1.83 bits per heavy atom. The fourth-order valence-electron chi connectivity index (χ4n) is 2.31. The number of rotatable bonds is 7. The van der Waals surface area contributed by atoms with Crippen LogP contribution in [0, 0.1) is 0 Å². The average molecular weight is 487 g/mol. The van der Waals surface area contributed by atoms with Gasteiger partial charge >= 0.3 is 0 Å². The molecule has 1 unspecified atom stereocenters. The van der Waals surface area contributed by atoms with E-state index in [9.17, 15) is 13.2 Å². The van der Waals surface area contributed by atoms with E-state index in [0.717, 1.165) is 16.2 Å². The van der Waals surface area contributed by atoms with Gasteiger partial charge in [-0.2, -0.15) is 0 Å². The lowest BCUT2D eigenvalue weighted by molar-refractivity contribution is -0.115. The lowest BCUT2D eigenvalue weighted by Gasteiger charge is -2.13. The number of amides is 1. The fourth-order valence-corrected chi connectivity index (χ4v) is 5.68. The molecule has 1 atom stereocenters. The molecule has 0 aliphatic carbocycles. The minimum Gasteiger partial charge on any atom is -0.324 e. The summed E-state index contributed by atoms with van der Waals surface area (Å²) in [4.78, 5) is 13.3. The predicted octanol–water partition coefficient (Wildman–Crippen LogP) is 5.98. The first-order valence-corrected chi connectivity index (χ1v) is 12.3. The first kappa shape index (κ1) is 22.0. The number of anilines is 2. The summed E-state index contributed by atoms with van der Waals surface area (Å²) < 4.78 is 27.3. The Balaban J connectivity index is 1.61. The summed E-state index contributed by atoms with van der Waals surface area (Å²) in [5, 5.41) is 4.94. The number of sulfonamides is 1. The van der Waals surface area contributed by atoms with E-state index in [-0.39, 0.29) is 10.1 Å². The molecule has 0 saturated heterocycles. The van der Waals surface area contributed by atoms with Crippen LogP contribution >= 0.6 is 46.3 Å². The largest absolute Gasteiger partial charge is 0.324 e. The number of halogens is 2. The summed E-state index contributed by atoms with van der Waals surface area (Å²) >= 11 is 14.4. The average Bonchev–Trinajstić information content (AvgIpc) is 3.21. The summed E-state index contributed by atoms with van der Waals surface area (Å²) in [5.74, 6) is -0.207. The molecule has 3 rings (SSSR count). The van der Waals surface area contributed by atoms with E-state index in [1.165, 1.54) is 11.8 Å². The number of nitrogens with one attached hydrogen (secondary N) is 2. The van der Waals surface area contributed by atoms with E-state index < -0.39 is 15.3 Å². The van der Waals surface area contributed by atoms with Gasteiger partial charge < -0.3 is 5.32 Å². The Morgan fingerprint density at radius 3 is 2.45 bits per heavy atom. The van der Waals surface area contributed by atoms with Gasteiger partial charge in [0.05, 0.1) is 16.0 Å². The molecule has 2 aromatic carbocycles. The molecule has 152 valence electrons. The smallest absolute Gasteiger partial charge is 0.271 e. The molecule has 0 radical (unpaired) electrons. The van der Waals surface area contributed by atoms with Crippen LogP contribution in [-0.4, -0.2) is 19.6 Å². The molecule has 2 N–H and O–H groups in total. The molecule has 29 heavy (non-hydrogen) atoms. The topological polar surface area (TPSA) is 75.3 Å². The van der Waals surface area contributed by atoms with Crippen LogP contribution < -0.4 is 10.0 Å². The van der Waals surface area contributed by atoms with Crippen molar-refractivity contribution in [2.24, 2.45) is 0 Å². The van der Waals surface area contributed by atoms with Crippen LogP contribution in [0.25, 0.3) is 0 Å². The molecule has 0 saturated carbocycles. The van der Waals surface area contributed by atoms with Gasteiger partial charge in [-0.05, 0) is 60.8 Å². The van der Waals surface area contributed by atoms with E-state index in [2.05, 4.69) is 10.0 Å². The Labute approximate surface area is 187 Å². The van der Waals surface area contributed by atoms with Gasteiger partial charge in [-0.1, -0.05) is 29.3 Å². The Hall–Kier alpha value is -1.71. The molecular formula is C19H16Cl2N2O3S3. The molecule has 5 nitrogen and oxygen atoms in total. The summed E-state index contributed by atoms with van der Waals surface area (Å²) in [6.07, 6.45) is 0. The van der Waals surface area contributed by atoms with Crippen LogP contribution in [0.2, 0.25) is 10.0 Å². The van der Waals surface area contributed by atoms with Crippen LogP contribution in [-0.2, 0) is 14.8 Å². The lowest BCUT2D eigenvalue weighted by atomic mass is 10.3. The van der Waals surface area contributed by atoms with Crippen molar-refractivity contribution < 1.29 is 13.2 Å². The highest BCUT2D eigenvalue weighted by Crippen LogP contribution is 2.29. The zero-order chi connectivity index (χ0) is 21.0. The molecule has 1 aromatic heterocycles. The van der Waals surface area contributed by atoms with E-state index in [1.807, 2.05) is 0 Å². The molecule has 10 heteroatoms. The number of benzene rings is 2. The third-order valence-corrected chi connectivity index (χ3v) is 8.18. The highest BCUT2D eigenvalue weighted by molar-refractivity contribution is 8.00. The summed E-state index contributed by atoms with van der Waals surface area (Å²) in [6, 6.07) is 14.9. The standard InChI is InChI=1S/C19H16Cl2N2O3S3/c1-12(19(24)22-17-9-4-13(20)11-16(17)21)28-15-7-5-14(6-8-15)23-29(25,26)18-3-2-10-27-18/h2-12,23H,1H3,(H,22,24). The number of carbonyl (C=O) groups is 1. The van der Waals surface area contributed by atoms with Crippen LogP contribution in [0.3, 0.4) is 0 Å². The quantitative estimate of drug-likeness (QED) is 0.403. The van der Waals surface area contributed by atoms with Crippen LogP contribution in [0.1, 0.15) is 6.92 Å². The van der Waals surface area contributed by atoms with Crippen LogP contribution in [0.4, 0.5) is 11.4 Å². The van der Waals surface area contributed by atoms with Crippen molar-refractivity contribution >= 4 is 73.6 Å². The fraction of sp³-hybridized carbons (Fsp3) is 0.105. The number of carbonyl (C=O) groups excluding carboxylic acids is 1. The van der Waals surface area contributed by atoms with Crippen molar-refractivity contribution in [1.82, 2.24) is 0 Å². The molecule has 0 bridgehead atoms. The van der Waals surface area contributed by atoms with Gasteiger partial charge in [-0.15, -0.1) is 23.1 Å². The van der Waals surface area contributed by atoms with Crippen molar-refractivity contribution in [3.63, 3.8) is 0 Å². The molecule has 0 aliphatic rings. The maximum absolute atomic E-state index is 12.4. The number of thiophene rings is 1. The zero-order valence-electron chi connectivity index (χ0n) is 15.1. The highest BCUT2D eigenvalue weighted by atomic mass is 35.5.